The van der Waals surface area contributed by atoms with E-state index in [1.165, 1.54) is 12.3 Å². The molecule has 0 atom stereocenters. The molecule has 6 heteroatoms. The summed E-state index contributed by atoms with van der Waals surface area (Å²) in [5.74, 6) is -0.824. The zero-order valence-electron chi connectivity index (χ0n) is 10.1. The third-order valence-electron chi connectivity index (χ3n) is 2.69. The fourth-order valence-electron chi connectivity index (χ4n) is 1.67. The SMILES string of the molecule is Cc1cccc(Cl)c1Nc1nccc(C(=O)O)c1N. The first-order chi connectivity index (χ1) is 9.00. The summed E-state index contributed by atoms with van der Waals surface area (Å²) in [6, 6.07) is 6.79. The van der Waals surface area contributed by atoms with Crippen molar-refractivity contribution in [2.45, 2.75) is 6.92 Å². The number of halogens is 1. The molecule has 0 aliphatic rings. The number of nitrogens with zero attached hydrogens (tertiary/aromatic N) is 1. The van der Waals surface area contributed by atoms with Gasteiger partial charge in [-0.3, -0.25) is 0 Å². The van der Waals surface area contributed by atoms with Crippen LogP contribution in [-0.2, 0) is 0 Å². The molecular formula is C13H12ClN3O2. The Morgan fingerprint density at radius 2 is 2.16 bits per heavy atom. The van der Waals surface area contributed by atoms with Crippen LogP contribution in [-0.4, -0.2) is 16.1 Å². The molecule has 98 valence electrons. The lowest BCUT2D eigenvalue weighted by Gasteiger charge is -2.13. The molecule has 1 heterocycles. The fourth-order valence-corrected chi connectivity index (χ4v) is 1.94. The smallest absolute Gasteiger partial charge is 0.337 e. The maximum Gasteiger partial charge on any atom is 0.337 e. The van der Waals surface area contributed by atoms with Crippen LogP contribution in [0, 0.1) is 6.92 Å². The topological polar surface area (TPSA) is 88.2 Å². The summed E-state index contributed by atoms with van der Waals surface area (Å²) < 4.78 is 0. The second-order valence-electron chi connectivity index (χ2n) is 3.98. The molecule has 0 radical (unpaired) electrons. The molecule has 1 aromatic heterocycles. The molecule has 2 aromatic rings. The average Bonchev–Trinajstić information content (AvgIpc) is 2.35. The number of carboxylic acids is 1. The average molecular weight is 278 g/mol. The number of aryl methyl sites for hydroxylation is 1. The Morgan fingerprint density at radius 3 is 2.79 bits per heavy atom. The highest BCUT2D eigenvalue weighted by molar-refractivity contribution is 6.33. The van der Waals surface area contributed by atoms with Gasteiger partial charge in [-0.2, -0.15) is 0 Å². The zero-order chi connectivity index (χ0) is 14.0. The van der Waals surface area contributed by atoms with Gasteiger partial charge in [0.05, 0.1) is 22.0 Å². The van der Waals surface area contributed by atoms with Gasteiger partial charge in [-0.05, 0) is 24.6 Å². The first-order valence-corrected chi connectivity index (χ1v) is 5.88. The summed E-state index contributed by atoms with van der Waals surface area (Å²) in [5.41, 5.74) is 7.43. The van der Waals surface area contributed by atoms with E-state index in [0.29, 0.717) is 10.7 Å². The first kappa shape index (κ1) is 13.2. The zero-order valence-corrected chi connectivity index (χ0v) is 10.9. The van der Waals surface area contributed by atoms with Crippen molar-refractivity contribution in [3.05, 3.63) is 46.6 Å². The highest BCUT2D eigenvalue weighted by Gasteiger charge is 2.13. The lowest BCUT2D eigenvalue weighted by Crippen LogP contribution is -2.07. The number of carbonyl (C=O) groups is 1. The van der Waals surface area contributed by atoms with E-state index in [2.05, 4.69) is 10.3 Å². The Labute approximate surface area is 115 Å². The van der Waals surface area contributed by atoms with Crippen LogP contribution in [0.3, 0.4) is 0 Å². The molecular weight excluding hydrogens is 266 g/mol. The van der Waals surface area contributed by atoms with Gasteiger partial charge in [-0.25, -0.2) is 9.78 Å². The van der Waals surface area contributed by atoms with E-state index in [9.17, 15) is 4.79 Å². The number of pyridine rings is 1. The van der Waals surface area contributed by atoms with Gasteiger partial charge in [-0.15, -0.1) is 0 Å². The predicted octanol–water partition coefficient (Wildman–Crippen LogP) is 3.07. The number of hydrogen-bond acceptors (Lipinski definition) is 4. The minimum atomic E-state index is -1.10. The predicted molar refractivity (Wildman–Crippen MR) is 75.1 cm³/mol. The van der Waals surface area contributed by atoms with E-state index in [0.717, 1.165) is 5.56 Å². The lowest BCUT2D eigenvalue weighted by molar-refractivity contribution is 0.0698. The van der Waals surface area contributed by atoms with E-state index in [1.54, 1.807) is 6.07 Å². The van der Waals surface area contributed by atoms with E-state index in [1.807, 2.05) is 19.1 Å². The highest BCUT2D eigenvalue weighted by atomic mass is 35.5. The van der Waals surface area contributed by atoms with Crippen molar-refractivity contribution < 1.29 is 9.90 Å². The quantitative estimate of drug-likeness (QED) is 0.802. The van der Waals surface area contributed by atoms with Gasteiger partial charge >= 0.3 is 5.97 Å². The van der Waals surface area contributed by atoms with Crippen molar-refractivity contribution >= 4 is 34.8 Å². The third-order valence-corrected chi connectivity index (χ3v) is 3.00. The molecule has 0 unspecified atom stereocenters. The van der Waals surface area contributed by atoms with Crippen LogP contribution in [0.2, 0.25) is 5.02 Å². The number of rotatable bonds is 3. The summed E-state index contributed by atoms with van der Waals surface area (Å²) in [6.45, 7) is 1.88. The molecule has 19 heavy (non-hydrogen) atoms. The summed E-state index contributed by atoms with van der Waals surface area (Å²) in [6.07, 6.45) is 1.38. The minimum Gasteiger partial charge on any atom is -0.478 e. The Morgan fingerprint density at radius 1 is 1.42 bits per heavy atom. The Kier molecular flexibility index (Phi) is 3.57. The largest absolute Gasteiger partial charge is 0.478 e. The van der Waals surface area contributed by atoms with Crippen molar-refractivity contribution in [1.82, 2.24) is 4.98 Å². The van der Waals surface area contributed by atoms with Crippen LogP contribution in [0.15, 0.2) is 30.5 Å². The second-order valence-corrected chi connectivity index (χ2v) is 4.39. The van der Waals surface area contributed by atoms with Gasteiger partial charge in [0.1, 0.15) is 0 Å². The molecule has 0 spiro atoms. The molecule has 0 saturated heterocycles. The summed E-state index contributed by atoms with van der Waals surface area (Å²) >= 11 is 6.09. The van der Waals surface area contributed by atoms with Crippen LogP contribution in [0.5, 0.6) is 0 Å². The molecule has 4 N–H and O–H groups in total. The summed E-state index contributed by atoms with van der Waals surface area (Å²) in [7, 11) is 0. The Balaban J connectivity index is 2.45. The van der Waals surface area contributed by atoms with Gasteiger partial charge in [-0.1, -0.05) is 23.7 Å². The summed E-state index contributed by atoms with van der Waals surface area (Å²) in [4.78, 5) is 15.0. The minimum absolute atomic E-state index is 0.00204. The van der Waals surface area contributed by atoms with E-state index in [4.69, 9.17) is 22.4 Å². The number of nitrogens with one attached hydrogen (secondary N) is 1. The monoisotopic (exact) mass is 277 g/mol. The summed E-state index contributed by atoms with van der Waals surface area (Å²) in [5, 5.41) is 12.5. The van der Waals surface area contributed by atoms with Crippen molar-refractivity contribution in [3.8, 4) is 0 Å². The number of aromatic nitrogens is 1. The number of hydrogen-bond donors (Lipinski definition) is 3. The number of benzene rings is 1. The Hall–Kier alpha value is -2.27. The van der Waals surface area contributed by atoms with Gasteiger partial charge in [0.25, 0.3) is 0 Å². The van der Waals surface area contributed by atoms with E-state index < -0.39 is 5.97 Å². The normalized spacial score (nSPS) is 10.2. The fraction of sp³-hybridized carbons (Fsp3) is 0.0769. The molecule has 0 bridgehead atoms. The van der Waals surface area contributed by atoms with Crippen molar-refractivity contribution in [2.75, 3.05) is 11.1 Å². The highest BCUT2D eigenvalue weighted by Crippen LogP contribution is 2.30. The number of nitrogen functional groups attached to an aromatic ring is 1. The molecule has 2 rings (SSSR count). The van der Waals surface area contributed by atoms with Gasteiger partial charge in [0, 0.05) is 6.20 Å². The number of aromatic carboxylic acids is 1. The molecule has 0 saturated carbocycles. The number of para-hydroxylation sites is 1. The maximum absolute atomic E-state index is 11.0. The van der Waals surface area contributed by atoms with Gasteiger partial charge in [0.15, 0.2) is 5.82 Å². The number of carboxylic acid groups (broad SMARTS) is 1. The Bertz CT molecular complexity index is 624. The third kappa shape index (κ3) is 2.61. The molecule has 5 nitrogen and oxygen atoms in total. The van der Waals surface area contributed by atoms with Gasteiger partial charge < -0.3 is 16.2 Å². The van der Waals surface area contributed by atoms with E-state index >= 15 is 0 Å². The van der Waals surface area contributed by atoms with Crippen LogP contribution >= 0.6 is 11.6 Å². The standard InChI is InChI=1S/C13H12ClN3O2/c1-7-3-2-4-9(14)11(7)17-12-10(15)8(13(18)19)5-6-16-12/h2-6H,15H2,1H3,(H,16,17)(H,18,19). The van der Waals surface area contributed by atoms with Crippen LogP contribution in [0.25, 0.3) is 0 Å². The van der Waals surface area contributed by atoms with E-state index in [-0.39, 0.29) is 17.1 Å². The van der Waals surface area contributed by atoms with Crippen molar-refractivity contribution in [2.24, 2.45) is 0 Å². The molecule has 0 aliphatic heterocycles. The maximum atomic E-state index is 11.0. The number of nitrogens with two attached hydrogens (primary N) is 1. The first-order valence-electron chi connectivity index (χ1n) is 5.50. The molecule has 0 amide bonds. The van der Waals surface area contributed by atoms with Crippen molar-refractivity contribution in [3.63, 3.8) is 0 Å². The molecule has 0 aliphatic carbocycles. The van der Waals surface area contributed by atoms with Crippen LogP contribution in [0.1, 0.15) is 15.9 Å². The molecule has 1 aromatic carbocycles. The van der Waals surface area contributed by atoms with Gasteiger partial charge in [0.2, 0.25) is 0 Å². The molecule has 0 fully saturated rings. The number of anilines is 3. The van der Waals surface area contributed by atoms with Crippen LogP contribution in [0.4, 0.5) is 17.2 Å². The second kappa shape index (κ2) is 5.16. The van der Waals surface area contributed by atoms with Crippen molar-refractivity contribution in [1.29, 1.82) is 0 Å². The van der Waals surface area contributed by atoms with Crippen LogP contribution < -0.4 is 11.1 Å². The lowest BCUT2D eigenvalue weighted by atomic mass is 10.2.